The van der Waals surface area contributed by atoms with Gasteiger partial charge in [-0.3, -0.25) is 10.1 Å². The molecule has 0 amide bonds. The summed E-state index contributed by atoms with van der Waals surface area (Å²) in [7, 11) is 0. The second kappa shape index (κ2) is 5.23. The van der Waals surface area contributed by atoms with Gasteiger partial charge in [0.05, 0.1) is 15.8 Å². The highest BCUT2D eigenvalue weighted by atomic mass is 35.5. The molecule has 0 N–H and O–H groups in total. The fourth-order valence-electron chi connectivity index (χ4n) is 2.11. The van der Waals surface area contributed by atoms with E-state index in [0.717, 1.165) is 0 Å². The average molecular weight is 317 g/mol. The summed E-state index contributed by atoms with van der Waals surface area (Å²) in [6, 6.07) is 9.16. The van der Waals surface area contributed by atoms with Crippen LogP contribution in [-0.4, -0.2) is 9.91 Å². The zero-order valence-electron chi connectivity index (χ0n) is 11.4. The van der Waals surface area contributed by atoms with E-state index in [1.807, 2.05) is 0 Å². The van der Waals surface area contributed by atoms with Crippen molar-refractivity contribution in [2.45, 2.75) is 6.92 Å². The molecule has 22 heavy (non-hydrogen) atoms. The van der Waals surface area contributed by atoms with Crippen molar-refractivity contribution < 1.29 is 9.34 Å². The van der Waals surface area contributed by atoms with Crippen molar-refractivity contribution >= 4 is 28.2 Å². The van der Waals surface area contributed by atoms with Crippen LogP contribution in [0.5, 0.6) is 0 Å². The third kappa shape index (κ3) is 2.44. The topological polar surface area (TPSA) is 86.2 Å². The maximum absolute atomic E-state index is 12.0. The number of halogens is 1. The van der Waals surface area contributed by atoms with Gasteiger partial charge in [-0.15, -0.1) is 0 Å². The summed E-state index contributed by atoms with van der Waals surface area (Å²) in [5, 5.41) is 11.7. The van der Waals surface area contributed by atoms with Crippen molar-refractivity contribution in [3.63, 3.8) is 0 Å². The van der Waals surface area contributed by atoms with Crippen LogP contribution in [0.1, 0.15) is 5.56 Å². The standard InChI is InChI=1S/C15H9ClN2O4/c1-8-2-3-9(6-13(8)18(20)21)14-17-12-7-10(16)4-5-11(12)15(19)22-14/h2-7H,1H3. The smallest absolute Gasteiger partial charge is 0.347 e. The summed E-state index contributed by atoms with van der Waals surface area (Å²) in [5.74, 6) is 0.0165. The van der Waals surface area contributed by atoms with Gasteiger partial charge in [-0.2, -0.15) is 0 Å². The van der Waals surface area contributed by atoms with E-state index in [1.165, 1.54) is 12.1 Å². The molecule has 110 valence electrons. The van der Waals surface area contributed by atoms with Crippen LogP contribution in [0, 0.1) is 17.0 Å². The highest BCUT2D eigenvalue weighted by Gasteiger charge is 2.15. The first kappa shape index (κ1) is 14.2. The summed E-state index contributed by atoms with van der Waals surface area (Å²) in [6.45, 7) is 1.63. The number of nitrogens with zero attached hydrogens (tertiary/aromatic N) is 2. The number of nitro groups is 1. The van der Waals surface area contributed by atoms with Crippen molar-refractivity contribution in [3.8, 4) is 11.5 Å². The first-order valence-electron chi connectivity index (χ1n) is 6.31. The fraction of sp³-hybridized carbons (Fsp3) is 0.0667. The van der Waals surface area contributed by atoms with Crippen LogP contribution < -0.4 is 5.63 Å². The zero-order valence-corrected chi connectivity index (χ0v) is 12.1. The van der Waals surface area contributed by atoms with Crippen LogP contribution in [0.2, 0.25) is 5.02 Å². The van der Waals surface area contributed by atoms with Crippen molar-refractivity contribution in [2.24, 2.45) is 0 Å². The molecule has 7 heteroatoms. The Labute approximate surface area is 129 Å². The molecule has 0 unspecified atom stereocenters. The molecule has 0 spiro atoms. The number of rotatable bonds is 2. The lowest BCUT2D eigenvalue weighted by molar-refractivity contribution is -0.385. The summed E-state index contributed by atoms with van der Waals surface area (Å²) in [5.41, 5.74) is 0.617. The van der Waals surface area contributed by atoms with E-state index < -0.39 is 10.5 Å². The van der Waals surface area contributed by atoms with Crippen LogP contribution in [0.3, 0.4) is 0 Å². The number of fused-ring (bicyclic) bond motifs is 1. The molecule has 3 rings (SSSR count). The molecule has 0 bridgehead atoms. The largest absolute Gasteiger partial charge is 0.403 e. The van der Waals surface area contributed by atoms with E-state index in [0.29, 0.717) is 27.1 Å². The molecule has 0 fully saturated rings. The molecule has 1 heterocycles. The third-order valence-corrected chi connectivity index (χ3v) is 3.48. The summed E-state index contributed by atoms with van der Waals surface area (Å²) in [4.78, 5) is 26.7. The number of benzene rings is 2. The SMILES string of the molecule is Cc1ccc(-c2nc3cc(Cl)ccc3c(=O)o2)cc1[N+](=O)[O-]. The summed E-state index contributed by atoms with van der Waals surface area (Å²) in [6.07, 6.45) is 0. The van der Waals surface area contributed by atoms with E-state index >= 15 is 0 Å². The second-order valence-electron chi connectivity index (χ2n) is 4.73. The van der Waals surface area contributed by atoms with Crippen molar-refractivity contribution in [2.75, 3.05) is 0 Å². The normalized spacial score (nSPS) is 10.8. The highest BCUT2D eigenvalue weighted by molar-refractivity contribution is 6.31. The van der Waals surface area contributed by atoms with E-state index in [-0.39, 0.29) is 11.6 Å². The van der Waals surface area contributed by atoms with Gasteiger partial charge in [-0.05, 0) is 31.2 Å². The Morgan fingerprint density at radius 1 is 1.23 bits per heavy atom. The van der Waals surface area contributed by atoms with Crippen LogP contribution in [-0.2, 0) is 0 Å². The van der Waals surface area contributed by atoms with Crippen LogP contribution in [0.25, 0.3) is 22.4 Å². The molecule has 0 aliphatic rings. The molecule has 0 aliphatic heterocycles. The Balaban J connectivity index is 2.24. The Morgan fingerprint density at radius 2 is 2.00 bits per heavy atom. The maximum atomic E-state index is 12.0. The molecule has 0 atom stereocenters. The summed E-state index contributed by atoms with van der Waals surface area (Å²) >= 11 is 5.89. The molecule has 1 aromatic heterocycles. The van der Waals surface area contributed by atoms with Gasteiger partial charge in [0.1, 0.15) is 0 Å². The molecule has 0 saturated carbocycles. The minimum Gasteiger partial charge on any atom is -0.403 e. The van der Waals surface area contributed by atoms with Gasteiger partial charge in [-0.25, -0.2) is 9.78 Å². The quantitative estimate of drug-likeness (QED) is 0.531. The maximum Gasteiger partial charge on any atom is 0.347 e. The van der Waals surface area contributed by atoms with Crippen molar-refractivity contribution in [3.05, 3.63) is 67.5 Å². The molecule has 3 aromatic rings. The lowest BCUT2D eigenvalue weighted by Crippen LogP contribution is -2.03. The van der Waals surface area contributed by atoms with Gasteiger partial charge in [0.25, 0.3) is 5.69 Å². The van der Waals surface area contributed by atoms with Gasteiger partial charge in [-0.1, -0.05) is 17.7 Å². The van der Waals surface area contributed by atoms with Gasteiger partial charge >= 0.3 is 5.63 Å². The number of hydrogen-bond donors (Lipinski definition) is 0. The predicted molar refractivity (Wildman–Crippen MR) is 82.1 cm³/mol. The Morgan fingerprint density at radius 3 is 2.73 bits per heavy atom. The minimum absolute atomic E-state index is 0.0165. The number of aryl methyl sites for hydroxylation is 1. The predicted octanol–water partition coefficient (Wildman–Crippen LogP) is 3.73. The second-order valence-corrected chi connectivity index (χ2v) is 5.16. The average Bonchev–Trinajstić information content (AvgIpc) is 2.46. The molecule has 0 saturated heterocycles. The van der Waals surface area contributed by atoms with Crippen LogP contribution >= 0.6 is 11.6 Å². The van der Waals surface area contributed by atoms with E-state index in [1.54, 1.807) is 31.2 Å². The molecular weight excluding hydrogens is 308 g/mol. The Hall–Kier alpha value is -2.73. The molecule has 0 radical (unpaired) electrons. The van der Waals surface area contributed by atoms with E-state index in [4.69, 9.17) is 16.0 Å². The molecule has 2 aromatic carbocycles. The van der Waals surface area contributed by atoms with Gasteiger partial charge in [0.2, 0.25) is 5.89 Å². The number of nitro benzene ring substituents is 1. The van der Waals surface area contributed by atoms with E-state index in [2.05, 4.69) is 4.98 Å². The highest BCUT2D eigenvalue weighted by Crippen LogP contribution is 2.26. The monoisotopic (exact) mass is 316 g/mol. The number of hydrogen-bond acceptors (Lipinski definition) is 5. The minimum atomic E-state index is -0.570. The molecule has 0 aliphatic carbocycles. The van der Waals surface area contributed by atoms with Crippen LogP contribution in [0.4, 0.5) is 5.69 Å². The Kier molecular flexibility index (Phi) is 3.38. The van der Waals surface area contributed by atoms with Gasteiger partial charge in [0.15, 0.2) is 0 Å². The first-order chi connectivity index (χ1) is 10.5. The van der Waals surface area contributed by atoms with Gasteiger partial charge in [0, 0.05) is 22.2 Å². The lowest BCUT2D eigenvalue weighted by atomic mass is 10.1. The summed E-state index contributed by atoms with van der Waals surface area (Å²) < 4.78 is 5.16. The lowest BCUT2D eigenvalue weighted by Gasteiger charge is -2.03. The molecule has 6 nitrogen and oxygen atoms in total. The van der Waals surface area contributed by atoms with Crippen molar-refractivity contribution in [1.29, 1.82) is 0 Å². The fourth-order valence-corrected chi connectivity index (χ4v) is 2.27. The first-order valence-corrected chi connectivity index (χ1v) is 6.69. The zero-order chi connectivity index (χ0) is 15.9. The molecular formula is C15H9ClN2O4. The van der Waals surface area contributed by atoms with Gasteiger partial charge < -0.3 is 4.42 Å². The van der Waals surface area contributed by atoms with E-state index in [9.17, 15) is 14.9 Å². The third-order valence-electron chi connectivity index (χ3n) is 3.24. The Bertz CT molecular complexity index is 965. The van der Waals surface area contributed by atoms with Crippen LogP contribution in [0.15, 0.2) is 45.6 Å². The van der Waals surface area contributed by atoms with Crippen molar-refractivity contribution in [1.82, 2.24) is 4.98 Å². The number of aromatic nitrogens is 1.